The number of ether oxygens (including phenoxy) is 1. The number of fused-ring (bicyclic) bond motifs is 1. The number of hydrogen-bond donors (Lipinski definition) is 1. The molecule has 2 N–H and O–H groups in total. The van der Waals surface area contributed by atoms with E-state index in [1.54, 1.807) is 6.20 Å². The van der Waals surface area contributed by atoms with Gasteiger partial charge in [-0.2, -0.15) is 0 Å². The summed E-state index contributed by atoms with van der Waals surface area (Å²) in [7, 11) is 0. The van der Waals surface area contributed by atoms with Gasteiger partial charge < -0.3 is 10.5 Å². The fourth-order valence-electron chi connectivity index (χ4n) is 2.46. The van der Waals surface area contributed by atoms with E-state index < -0.39 is 0 Å². The van der Waals surface area contributed by atoms with Crippen LogP contribution in [0.3, 0.4) is 0 Å². The van der Waals surface area contributed by atoms with Crippen molar-refractivity contribution in [1.82, 2.24) is 4.98 Å². The van der Waals surface area contributed by atoms with Crippen molar-refractivity contribution in [3.63, 3.8) is 0 Å². The van der Waals surface area contributed by atoms with Crippen molar-refractivity contribution in [2.45, 2.75) is 31.8 Å². The highest BCUT2D eigenvalue weighted by Crippen LogP contribution is 2.31. The standard InChI is InChI=1S/C14H16N2O/c15-12-7-8-13(17-10-4-1-2-5-10)11-6-3-9-16-14(11)12/h3,6-10H,1-2,4-5,15H2. The fraction of sp³-hybridized carbons (Fsp3) is 0.357. The number of nitrogen functional groups attached to an aromatic ring is 1. The number of pyridine rings is 1. The van der Waals surface area contributed by atoms with E-state index in [2.05, 4.69) is 4.98 Å². The van der Waals surface area contributed by atoms with Crippen molar-refractivity contribution in [3.8, 4) is 5.75 Å². The molecule has 1 heterocycles. The first kappa shape index (κ1) is 10.4. The van der Waals surface area contributed by atoms with E-state index in [-0.39, 0.29) is 0 Å². The lowest BCUT2D eigenvalue weighted by molar-refractivity contribution is 0.213. The van der Waals surface area contributed by atoms with E-state index in [0.29, 0.717) is 11.8 Å². The first-order valence-electron chi connectivity index (χ1n) is 6.14. The van der Waals surface area contributed by atoms with E-state index >= 15 is 0 Å². The number of hydrogen-bond acceptors (Lipinski definition) is 3. The second-order valence-corrected chi connectivity index (χ2v) is 4.58. The Morgan fingerprint density at radius 1 is 1.18 bits per heavy atom. The van der Waals surface area contributed by atoms with Crippen LogP contribution in [0.1, 0.15) is 25.7 Å². The normalized spacial score (nSPS) is 16.5. The third kappa shape index (κ3) is 1.93. The third-order valence-corrected chi connectivity index (χ3v) is 3.36. The molecule has 1 aliphatic carbocycles. The SMILES string of the molecule is Nc1ccc(OC2CCCC2)c2cccnc12. The Balaban J connectivity index is 2.01. The molecule has 3 nitrogen and oxygen atoms in total. The van der Waals surface area contributed by atoms with Crippen molar-refractivity contribution in [2.24, 2.45) is 0 Å². The zero-order valence-corrected chi connectivity index (χ0v) is 9.73. The topological polar surface area (TPSA) is 48.1 Å². The Morgan fingerprint density at radius 2 is 2.00 bits per heavy atom. The summed E-state index contributed by atoms with van der Waals surface area (Å²) in [6.45, 7) is 0. The number of nitrogens with zero attached hydrogens (tertiary/aromatic N) is 1. The molecule has 0 aliphatic heterocycles. The highest BCUT2D eigenvalue weighted by atomic mass is 16.5. The number of rotatable bonds is 2. The summed E-state index contributed by atoms with van der Waals surface area (Å²) in [5, 5.41) is 1.01. The predicted molar refractivity (Wildman–Crippen MR) is 69.0 cm³/mol. The number of anilines is 1. The zero-order valence-electron chi connectivity index (χ0n) is 9.73. The summed E-state index contributed by atoms with van der Waals surface area (Å²) < 4.78 is 6.05. The van der Waals surface area contributed by atoms with Crippen LogP contribution < -0.4 is 10.5 Å². The van der Waals surface area contributed by atoms with Gasteiger partial charge in [0.2, 0.25) is 0 Å². The summed E-state index contributed by atoms with van der Waals surface area (Å²) in [5.41, 5.74) is 7.46. The smallest absolute Gasteiger partial charge is 0.129 e. The molecule has 1 saturated carbocycles. The first-order valence-corrected chi connectivity index (χ1v) is 6.14. The predicted octanol–water partition coefficient (Wildman–Crippen LogP) is 3.14. The average molecular weight is 228 g/mol. The van der Waals surface area contributed by atoms with Crippen molar-refractivity contribution >= 4 is 16.6 Å². The van der Waals surface area contributed by atoms with Gasteiger partial charge in [0.1, 0.15) is 5.75 Å². The minimum atomic E-state index is 0.363. The number of benzene rings is 1. The van der Waals surface area contributed by atoms with Gasteiger partial charge in [-0.15, -0.1) is 0 Å². The summed E-state index contributed by atoms with van der Waals surface area (Å²) in [5.74, 6) is 0.911. The van der Waals surface area contributed by atoms with Crippen LogP contribution in [0.15, 0.2) is 30.5 Å². The van der Waals surface area contributed by atoms with E-state index in [0.717, 1.165) is 29.5 Å². The molecule has 1 aliphatic rings. The Labute approximate surface area is 101 Å². The maximum atomic E-state index is 6.05. The van der Waals surface area contributed by atoms with Crippen LogP contribution in [0.5, 0.6) is 5.75 Å². The molecule has 2 aromatic rings. The van der Waals surface area contributed by atoms with E-state index in [1.165, 1.54) is 12.8 Å². The Morgan fingerprint density at radius 3 is 2.82 bits per heavy atom. The van der Waals surface area contributed by atoms with Gasteiger partial charge in [-0.05, 0) is 49.9 Å². The maximum absolute atomic E-state index is 6.05. The second-order valence-electron chi connectivity index (χ2n) is 4.58. The molecule has 0 bridgehead atoms. The van der Waals surface area contributed by atoms with Gasteiger partial charge in [0.05, 0.1) is 17.3 Å². The third-order valence-electron chi connectivity index (χ3n) is 3.36. The van der Waals surface area contributed by atoms with Crippen LogP contribution in [0.4, 0.5) is 5.69 Å². The largest absolute Gasteiger partial charge is 0.490 e. The molecule has 0 saturated heterocycles. The van der Waals surface area contributed by atoms with E-state index in [9.17, 15) is 0 Å². The summed E-state index contributed by atoms with van der Waals surface area (Å²) in [4.78, 5) is 4.31. The van der Waals surface area contributed by atoms with Crippen LogP contribution in [0.25, 0.3) is 10.9 Å². The van der Waals surface area contributed by atoms with E-state index in [1.807, 2.05) is 24.3 Å². The van der Waals surface area contributed by atoms with Gasteiger partial charge in [0.25, 0.3) is 0 Å². The fourth-order valence-corrected chi connectivity index (χ4v) is 2.46. The van der Waals surface area contributed by atoms with Crippen molar-refractivity contribution in [3.05, 3.63) is 30.5 Å². The molecular formula is C14H16N2O. The molecule has 3 rings (SSSR count). The molecule has 3 heteroatoms. The Kier molecular flexibility index (Phi) is 2.59. The maximum Gasteiger partial charge on any atom is 0.129 e. The van der Waals surface area contributed by atoms with Crippen LogP contribution in [0.2, 0.25) is 0 Å². The lowest BCUT2D eigenvalue weighted by atomic mass is 10.1. The molecule has 0 spiro atoms. The van der Waals surface area contributed by atoms with Gasteiger partial charge in [-0.1, -0.05) is 0 Å². The highest BCUT2D eigenvalue weighted by Gasteiger charge is 2.17. The van der Waals surface area contributed by atoms with Gasteiger partial charge >= 0.3 is 0 Å². The average Bonchev–Trinajstić information content (AvgIpc) is 2.86. The monoisotopic (exact) mass is 228 g/mol. The zero-order chi connectivity index (χ0) is 11.7. The van der Waals surface area contributed by atoms with Crippen molar-refractivity contribution < 1.29 is 4.74 Å². The summed E-state index contributed by atoms with van der Waals surface area (Å²) in [6.07, 6.45) is 6.99. The van der Waals surface area contributed by atoms with Crippen molar-refractivity contribution in [2.75, 3.05) is 5.73 Å². The molecule has 1 aromatic heterocycles. The van der Waals surface area contributed by atoms with Crippen LogP contribution in [-0.2, 0) is 0 Å². The molecule has 88 valence electrons. The quantitative estimate of drug-likeness (QED) is 0.803. The lowest BCUT2D eigenvalue weighted by Gasteiger charge is -2.15. The number of nitrogens with two attached hydrogens (primary N) is 1. The van der Waals surface area contributed by atoms with Crippen molar-refractivity contribution in [1.29, 1.82) is 0 Å². The van der Waals surface area contributed by atoms with Crippen LogP contribution in [-0.4, -0.2) is 11.1 Å². The molecule has 0 atom stereocenters. The second kappa shape index (κ2) is 4.24. The minimum Gasteiger partial charge on any atom is -0.490 e. The first-order chi connectivity index (χ1) is 8.34. The Hall–Kier alpha value is -1.77. The molecule has 17 heavy (non-hydrogen) atoms. The Bertz CT molecular complexity index is 533. The molecular weight excluding hydrogens is 212 g/mol. The molecule has 0 radical (unpaired) electrons. The summed E-state index contributed by atoms with van der Waals surface area (Å²) >= 11 is 0. The van der Waals surface area contributed by atoms with Crippen LogP contribution in [0, 0.1) is 0 Å². The number of aromatic nitrogens is 1. The van der Waals surface area contributed by atoms with Gasteiger partial charge in [0, 0.05) is 11.6 Å². The molecule has 1 aromatic carbocycles. The highest BCUT2D eigenvalue weighted by molar-refractivity contribution is 5.93. The lowest BCUT2D eigenvalue weighted by Crippen LogP contribution is -2.11. The molecule has 0 unspecified atom stereocenters. The van der Waals surface area contributed by atoms with Gasteiger partial charge in [0.15, 0.2) is 0 Å². The molecule has 0 amide bonds. The summed E-state index contributed by atoms with van der Waals surface area (Å²) in [6, 6.07) is 7.77. The van der Waals surface area contributed by atoms with E-state index in [4.69, 9.17) is 10.5 Å². The van der Waals surface area contributed by atoms with Gasteiger partial charge in [-0.3, -0.25) is 4.98 Å². The van der Waals surface area contributed by atoms with Crippen LogP contribution >= 0.6 is 0 Å². The minimum absolute atomic E-state index is 0.363. The van der Waals surface area contributed by atoms with Gasteiger partial charge in [-0.25, -0.2) is 0 Å². The molecule has 1 fully saturated rings.